The number of rotatable bonds is 14. The lowest BCUT2D eigenvalue weighted by Crippen LogP contribution is -2.20. The standard InChI is InChI=1S/C48H36N8O6S2/c57-63(58,59)47-43(37-22-11-4-12-23-37)42(36-20-9-3-10-21-36)39(28-26-34-17-7-2-8-18-34)44(48(47)64(60,61)62)46(52-41-30-32-50-56-54-41)45(51-40-29-31-49-55-53-40)38-24-14-13-19-35(38)27-25-33-15-5-1-6-16-33/h1-32H,(H,49,51,53)(H,50,52,54)(H,57,58,59)(H,60,61,62). The summed E-state index contributed by atoms with van der Waals surface area (Å²) in [5.41, 5.74) is 2.93. The molecule has 0 saturated carbocycles. The maximum atomic E-state index is 14.4. The van der Waals surface area contributed by atoms with Gasteiger partial charge < -0.3 is 10.6 Å². The summed E-state index contributed by atoms with van der Waals surface area (Å²) < 4.78 is 80.1. The van der Waals surface area contributed by atoms with Crippen molar-refractivity contribution in [3.8, 4) is 22.3 Å². The lowest BCUT2D eigenvalue weighted by Gasteiger charge is -2.27. The van der Waals surface area contributed by atoms with Gasteiger partial charge in [0.2, 0.25) is 0 Å². The SMILES string of the molecule is O=S(=O)(O)c1c(C(Nc2ccnnn2)=C(Nc2ccnnn2)c2ccccc2C=Cc2ccccc2)c(C=Cc2ccccc2)c(-c2ccccc2)c(-c2ccccc2)c1S(=O)(=O)O. The van der Waals surface area contributed by atoms with E-state index in [1.807, 2.05) is 84.9 Å². The van der Waals surface area contributed by atoms with Crippen molar-refractivity contribution in [3.05, 3.63) is 203 Å². The molecule has 8 aromatic rings. The summed E-state index contributed by atoms with van der Waals surface area (Å²) in [6.45, 7) is 0. The van der Waals surface area contributed by atoms with Crippen LogP contribution < -0.4 is 10.6 Å². The van der Waals surface area contributed by atoms with Crippen molar-refractivity contribution in [2.45, 2.75) is 9.79 Å². The van der Waals surface area contributed by atoms with Gasteiger partial charge in [0.25, 0.3) is 20.2 Å². The lowest BCUT2D eigenvalue weighted by molar-refractivity contribution is 0.466. The number of nitrogens with one attached hydrogen (secondary N) is 2. The molecule has 0 atom stereocenters. The van der Waals surface area contributed by atoms with Crippen molar-refractivity contribution in [2.75, 3.05) is 10.6 Å². The largest absolute Gasteiger partial charge is 0.336 e. The van der Waals surface area contributed by atoms with Gasteiger partial charge >= 0.3 is 0 Å². The molecular weight excluding hydrogens is 849 g/mol. The topological polar surface area (TPSA) is 210 Å². The maximum absolute atomic E-state index is 14.4. The van der Waals surface area contributed by atoms with Crippen LogP contribution in [0.3, 0.4) is 0 Å². The van der Waals surface area contributed by atoms with Crippen LogP contribution in [0.2, 0.25) is 0 Å². The Morgan fingerprint density at radius 3 is 1.42 bits per heavy atom. The van der Waals surface area contributed by atoms with Gasteiger partial charge in [-0.1, -0.05) is 170 Å². The number of benzene rings is 6. The van der Waals surface area contributed by atoms with Gasteiger partial charge in [-0.25, -0.2) is 0 Å². The predicted molar refractivity (Wildman–Crippen MR) is 248 cm³/mol. The fourth-order valence-corrected chi connectivity index (χ4v) is 9.42. The van der Waals surface area contributed by atoms with Gasteiger partial charge in [-0.2, -0.15) is 16.8 Å². The smallest absolute Gasteiger partial charge is 0.296 e. The molecule has 0 aliphatic carbocycles. The van der Waals surface area contributed by atoms with Crippen LogP contribution in [0.15, 0.2) is 180 Å². The normalized spacial score (nSPS) is 12.3. The third kappa shape index (κ3) is 9.70. The van der Waals surface area contributed by atoms with Crippen LogP contribution in [0, 0.1) is 0 Å². The second kappa shape index (κ2) is 18.9. The number of hydrogen-bond acceptors (Lipinski definition) is 12. The van der Waals surface area contributed by atoms with Crippen LogP contribution >= 0.6 is 0 Å². The maximum Gasteiger partial charge on any atom is 0.296 e. The van der Waals surface area contributed by atoms with Crippen LogP contribution in [0.1, 0.15) is 33.4 Å². The number of anilines is 2. The highest BCUT2D eigenvalue weighted by molar-refractivity contribution is 7.89. The second-order valence-electron chi connectivity index (χ2n) is 14.0. The van der Waals surface area contributed by atoms with Crippen LogP contribution in [0.4, 0.5) is 11.6 Å². The Hall–Kier alpha value is -8.02. The zero-order valence-electron chi connectivity index (χ0n) is 33.5. The highest BCUT2D eigenvalue weighted by Gasteiger charge is 2.38. The molecule has 0 fully saturated rings. The minimum Gasteiger partial charge on any atom is -0.336 e. The highest BCUT2D eigenvalue weighted by atomic mass is 32.2. The highest BCUT2D eigenvalue weighted by Crippen LogP contribution is 2.49. The van der Waals surface area contributed by atoms with Gasteiger partial charge in [-0.15, -0.1) is 20.4 Å². The van der Waals surface area contributed by atoms with E-state index in [2.05, 4.69) is 41.5 Å². The van der Waals surface area contributed by atoms with Crippen LogP contribution in [0.25, 0.3) is 58.0 Å². The predicted octanol–water partition coefficient (Wildman–Crippen LogP) is 9.27. The van der Waals surface area contributed by atoms with E-state index >= 15 is 0 Å². The number of hydrogen-bond donors (Lipinski definition) is 4. The van der Waals surface area contributed by atoms with Gasteiger partial charge in [0, 0.05) is 28.8 Å². The van der Waals surface area contributed by atoms with Gasteiger partial charge in [0.05, 0.1) is 23.8 Å². The van der Waals surface area contributed by atoms with Gasteiger partial charge in [-0.05, 0) is 49.4 Å². The molecule has 4 N–H and O–H groups in total. The Balaban J connectivity index is 1.65. The van der Waals surface area contributed by atoms with Crippen LogP contribution in [-0.4, -0.2) is 56.8 Å². The van der Waals surface area contributed by atoms with E-state index in [0.717, 1.165) is 5.56 Å². The van der Waals surface area contributed by atoms with E-state index in [1.165, 1.54) is 24.5 Å². The molecule has 6 aromatic carbocycles. The third-order valence-electron chi connectivity index (χ3n) is 9.83. The van der Waals surface area contributed by atoms with E-state index in [4.69, 9.17) is 0 Å². The molecule has 0 aliphatic heterocycles. The Morgan fingerprint density at radius 2 is 0.922 bits per heavy atom. The second-order valence-corrected chi connectivity index (χ2v) is 16.7. The number of aromatic nitrogens is 6. The summed E-state index contributed by atoms with van der Waals surface area (Å²) in [5, 5.41) is 30.1. The first kappa shape index (κ1) is 42.7. The Morgan fingerprint density at radius 1 is 0.469 bits per heavy atom. The van der Waals surface area contributed by atoms with E-state index in [9.17, 15) is 25.9 Å². The van der Waals surface area contributed by atoms with Crippen molar-refractivity contribution in [2.24, 2.45) is 0 Å². The quantitative estimate of drug-likeness (QED) is 0.0593. The average Bonchev–Trinajstić information content (AvgIpc) is 3.32. The fourth-order valence-electron chi connectivity index (χ4n) is 7.16. The van der Waals surface area contributed by atoms with Gasteiger partial charge in [0.1, 0.15) is 9.79 Å². The Labute approximate surface area is 369 Å². The van der Waals surface area contributed by atoms with Crippen molar-refractivity contribution in [1.29, 1.82) is 0 Å². The molecule has 14 nitrogen and oxygen atoms in total. The summed E-state index contributed by atoms with van der Waals surface area (Å²) in [4.78, 5) is -2.21. The third-order valence-corrected chi connectivity index (χ3v) is 11.8. The van der Waals surface area contributed by atoms with Crippen molar-refractivity contribution in [3.63, 3.8) is 0 Å². The summed E-state index contributed by atoms with van der Waals surface area (Å²) in [6, 6.07) is 45.7. The zero-order chi connectivity index (χ0) is 44.5. The molecule has 316 valence electrons. The van der Waals surface area contributed by atoms with Crippen molar-refractivity contribution < 1.29 is 25.9 Å². The first-order valence-electron chi connectivity index (χ1n) is 19.5. The summed E-state index contributed by atoms with van der Waals surface area (Å²) in [5.74, 6) is 0.171. The molecule has 0 unspecified atom stereocenters. The van der Waals surface area contributed by atoms with E-state index < -0.39 is 30.0 Å². The molecule has 16 heteroatoms. The summed E-state index contributed by atoms with van der Waals surface area (Å²) in [6.07, 6.45) is 9.84. The number of nitrogens with zero attached hydrogens (tertiary/aromatic N) is 6. The molecule has 2 heterocycles. The first-order chi connectivity index (χ1) is 31.1. The molecule has 0 spiro atoms. The van der Waals surface area contributed by atoms with Crippen molar-refractivity contribution in [1.82, 2.24) is 30.8 Å². The van der Waals surface area contributed by atoms with Crippen molar-refractivity contribution >= 4 is 67.6 Å². The van der Waals surface area contributed by atoms with Crippen LogP contribution in [0.5, 0.6) is 0 Å². The molecule has 8 rings (SSSR count). The molecule has 2 aromatic heterocycles. The monoisotopic (exact) mass is 884 g/mol. The Bertz CT molecular complexity index is 3240. The summed E-state index contributed by atoms with van der Waals surface area (Å²) in [7, 11) is -11.2. The molecule has 0 bridgehead atoms. The minimum atomic E-state index is -5.64. The molecular formula is C48H36N8O6S2. The first-order valence-corrected chi connectivity index (χ1v) is 22.4. The van der Waals surface area contributed by atoms with Gasteiger partial charge in [-0.3, -0.25) is 9.11 Å². The van der Waals surface area contributed by atoms with E-state index in [1.54, 1.807) is 84.9 Å². The lowest BCUT2D eigenvalue weighted by atomic mass is 9.85. The van der Waals surface area contributed by atoms with E-state index in [-0.39, 0.29) is 50.8 Å². The molecule has 0 amide bonds. The van der Waals surface area contributed by atoms with E-state index in [0.29, 0.717) is 22.3 Å². The molecule has 0 radical (unpaired) electrons. The minimum absolute atomic E-state index is 0.0310. The Kier molecular flexibility index (Phi) is 12.6. The average molecular weight is 885 g/mol. The van der Waals surface area contributed by atoms with Crippen LogP contribution in [-0.2, 0) is 20.2 Å². The summed E-state index contributed by atoms with van der Waals surface area (Å²) >= 11 is 0. The molecule has 64 heavy (non-hydrogen) atoms. The molecule has 0 saturated heterocycles. The zero-order valence-corrected chi connectivity index (χ0v) is 35.1. The fraction of sp³-hybridized carbons (Fsp3) is 0. The molecule has 0 aliphatic rings. The van der Waals surface area contributed by atoms with Gasteiger partial charge in [0.15, 0.2) is 11.6 Å².